The van der Waals surface area contributed by atoms with Gasteiger partial charge in [-0.3, -0.25) is 4.79 Å². The summed E-state index contributed by atoms with van der Waals surface area (Å²) < 4.78 is 4.82. The molecule has 30 heavy (non-hydrogen) atoms. The molecule has 0 heterocycles. The fraction of sp³-hybridized carbons (Fsp3) is 0.538. The van der Waals surface area contributed by atoms with Gasteiger partial charge in [-0.15, -0.1) is 0 Å². The van der Waals surface area contributed by atoms with Crippen molar-refractivity contribution in [1.82, 2.24) is 0 Å². The van der Waals surface area contributed by atoms with Crippen LogP contribution < -0.4 is 0 Å². The predicted octanol–water partition coefficient (Wildman–Crippen LogP) is 6.71. The Morgan fingerprint density at radius 3 is 2.07 bits per heavy atom. The van der Waals surface area contributed by atoms with Crippen molar-refractivity contribution < 1.29 is 19.4 Å². The number of hydrogen-bond donors (Lipinski definition) is 1. The zero-order valence-electron chi connectivity index (χ0n) is 19.9. The Bertz CT molecular complexity index is 829. The van der Waals surface area contributed by atoms with Crippen LogP contribution >= 0.6 is 0 Å². The summed E-state index contributed by atoms with van der Waals surface area (Å²) in [6.45, 7) is 13.6. The van der Waals surface area contributed by atoms with Gasteiger partial charge >= 0.3 is 5.97 Å². The van der Waals surface area contributed by atoms with Crippen LogP contribution in [0.5, 0.6) is 0 Å². The molecule has 4 heteroatoms. The van der Waals surface area contributed by atoms with Gasteiger partial charge in [0.25, 0.3) is 0 Å². The lowest BCUT2D eigenvalue weighted by atomic mass is 9.68. The number of hydrogen-bond acceptors (Lipinski definition) is 4. The van der Waals surface area contributed by atoms with E-state index in [1.807, 2.05) is 6.92 Å². The van der Waals surface area contributed by atoms with Crippen LogP contribution in [0.1, 0.15) is 80.6 Å². The Hall–Kier alpha value is -2.36. The van der Waals surface area contributed by atoms with E-state index in [0.717, 1.165) is 25.7 Å². The zero-order valence-corrected chi connectivity index (χ0v) is 19.9. The number of methoxy groups -OCH3 is 1. The number of allylic oxidation sites excluding steroid dienone is 8. The molecule has 0 fully saturated rings. The number of esters is 1. The van der Waals surface area contributed by atoms with Crippen LogP contribution in [0.4, 0.5) is 0 Å². The van der Waals surface area contributed by atoms with Crippen molar-refractivity contribution in [2.75, 3.05) is 7.11 Å². The lowest BCUT2D eigenvalue weighted by Crippen LogP contribution is -2.36. The van der Waals surface area contributed by atoms with Crippen LogP contribution in [0.3, 0.4) is 0 Å². The van der Waals surface area contributed by atoms with Crippen molar-refractivity contribution >= 4 is 11.8 Å². The first-order valence-corrected chi connectivity index (χ1v) is 10.6. The minimum atomic E-state index is -0.864. The molecular formula is C26H38O4. The van der Waals surface area contributed by atoms with E-state index in [1.54, 1.807) is 13.8 Å². The van der Waals surface area contributed by atoms with Crippen LogP contribution in [-0.4, -0.2) is 24.0 Å². The minimum Gasteiger partial charge on any atom is -0.507 e. The van der Waals surface area contributed by atoms with Gasteiger partial charge in [0, 0.05) is 5.57 Å². The fourth-order valence-corrected chi connectivity index (χ4v) is 3.65. The van der Waals surface area contributed by atoms with Gasteiger partial charge in [-0.1, -0.05) is 34.9 Å². The Morgan fingerprint density at radius 2 is 1.53 bits per heavy atom. The highest BCUT2D eigenvalue weighted by Gasteiger charge is 2.43. The van der Waals surface area contributed by atoms with Crippen molar-refractivity contribution in [1.29, 1.82) is 0 Å². The standard InChI is InChI=1S/C26H38O4/c1-17(2)11-9-12-18(3)13-10-14-19(4)15-16-26(7)21(6)22(25(29)30-8)23(27)20(5)24(26)28/h11,13,15,27H,9-10,12,14,16H2,1-8H3/b18-13+,19-15+/t26-/m1/s1. The van der Waals surface area contributed by atoms with Gasteiger partial charge in [0.15, 0.2) is 5.78 Å². The van der Waals surface area contributed by atoms with Crippen molar-refractivity contribution in [2.24, 2.45) is 5.41 Å². The van der Waals surface area contributed by atoms with Crippen LogP contribution in [0.25, 0.3) is 0 Å². The molecule has 4 nitrogen and oxygen atoms in total. The normalized spacial score (nSPS) is 20.6. The molecule has 0 radical (unpaired) electrons. The first kappa shape index (κ1) is 25.7. The molecule has 0 aromatic carbocycles. The quantitative estimate of drug-likeness (QED) is 0.336. The Labute approximate surface area is 182 Å². The topological polar surface area (TPSA) is 63.6 Å². The third kappa shape index (κ3) is 6.32. The molecule has 0 aliphatic heterocycles. The van der Waals surface area contributed by atoms with E-state index < -0.39 is 11.4 Å². The molecule has 1 N–H and O–H groups in total. The molecule has 1 atom stereocenters. The lowest BCUT2D eigenvalue weighted by molar-refractivity contribution is -0.136. The van der Waals surface area contributed by atoms with Crippen molar-refractivity contribution in [2.45, 2.75) is 80.6 Å². The summed E-state index contributed by atoms with van der Waals surface area (Å²) in [5, 5.41) is 10.3. The average molecular weight is 415 g/mol. The zero-order chi connectivity index (χ0) is 23.1. The molecule has 1 rings (SSSR count). The molecule has 0 unspecified atom stereocenters. The second-order valence-electron chi connectivity index (χ2n) is 8.79. The van der Waals surface area contributed by atoms with E-state index in [-0.39, 0.29) is 22.7 Å². The Balaban J connectivity index is 2.89. The number of ketones is 1. The van der Waals surface area contributed by atoms with Crippen LogP contribution in [-0.2, 0) is 14.3 Å². The van der Waals surface area contributed by atoms with Crippen molar-refractivity contribution in [3.63, 3.8) is 0 Å². The number of aliphatic hydroxyl groups excluding tert-OH is 1. The van der Waals surface area contributed by atoms with Gasteiger partial charge in [0.05, 0.1) is 12.5 Å². The van der Waals surface area contributed by atoms with Crippen LogP contribution in [0.2, 0.25) is 0 Å². The number of rotatable bonds is 9. The maximum Gasteiger partial charge on any atom is 0.341 e. The molecular weight excluding hydrogens is 376 g/mol. The maximum atomic E-state index is 12.9. The summed E-state index contributed by atoms with van der Waals surface area (Å²) in [5.74, 6) is -1.03. The summed E-state index contributed by atoms with van der Waals surface area (Å²) >= 11 is 0. The molecule has 0 aromatic heterocycles. The molecule has 0 spiro atoms. The molecule has 0 saturated carbocycles. The van der Waals surface area contributed by atoms with E-state index in [1.165, 1.54) is 23.8 Å². The highest BCUT2D eigenvalue weighted by atomic mass is 16.5. The number of carbonyl (C=O) groups excluding carboxylic acids is 2. The first-order chi connectivity index (χ1) is 14.0. The van der Waals surface area contributed by atoms with Crippen molar-refractivity contribution in [3.8, 4) is 0 Å². The number of ether oxygens (including phenoxy) is 1. The highest BCUT2D eigenvalue weighted by Crippen LogP contribution is 2.43. The molecule has 1 aliphatic carbocycles. The SMILES string of the molecule is COC(=O)C1=C(C)[C@@](C)(C/C=C(\C)CC/C=C(\C)CCC=C(C)C)C(=O)C(C)=C1O. The highest BCUT2D eigenvalue weighted by molar-refractivity contribution is 6.08. The Kier molecular flexibility index (Phi) is 9.54. The third-order valence-corrected chi connectivity index (χ3v) is 6.01. The average Bonchev–Trinajstić information content (AvgIpc) is 2.69. The van der Waals surface area contributed by atoms with Gasteiger partial charge in [0.1, 0.15) is 11.3 Å². The summed E-state index contributed by atoms with van der Waals surface area (Å²) in [7, 11) is 1.28. The second-order valence-corrected chi connectivity index (χ2v) is 8.79. The van der Waals surface area contributed by atoms with Crippen molar-refractivity contribution in [3.05, 3.63) is 57.4 Å². The van der Waals surface area contributed by atoms with E-state index in [0.29, 0.717) is 12.0 Å². The van der Waals surface area contributed by atoms with E-state index >= 15 is 0 Å². The van der Waals surface area contributed by atoms with Gasteiger partial charge in [-0.2, -0.15) is 0 Å². The van der Waals surface area contributed by atoms with E-state index in [4.69, 9.17) is 4.74 Å². The van der Waals surface area contributed by atoms with Gasteiger partial charge < -0.3 is 9.84 Å². The number of Topliss-reactive ketones (excluding diaryl/α,β-unsaturated/α-hetero) is 1. The second kappa shape index (κ2) is 11.1. The van der Waals surface area contributed by atoms with E-state index in [9.17, 15) is 14.7 Å². The summed E-state index contributed by atoms with van der Waals surface area (Å²) in [6, 6.07) is 0. The van der Waals surface area contributed by atoms with Gasteiger partial charge in [-0.25, -0.2) is 4.79 Å². The third-order valence-electron chi connectivity index (χ3n) is 6.01. The minimum absolute atomic E-state index is 0.109. The van der Waals surface area contributed by atoms with Gasteiger partial charge in [-0.05, 0) is 86.1 Å². The molecule has 0 amide bonds. The molecule has 0 bridgehead atoms. The predicted molar refractivity (Wildman–Crippen MR) is 123 cm³/mol. The van der Waals surface area contributed by atoms with Crippen LogP contribution in [0, 0.1) is 5.41 Å². The summed E-state index contributed by atoms with van der Waals surface area (Å²) in [4.78, 5) is 25.1. The lowest BCUT2D eigenvalue weighted by Gasteiger charge is -2.34. The Morgan fingerprint density at radius 1 is 1.00 bits per heavy atom. The summed E-state index contributed by atoms with van der Waals surface area (Å²) in [5.41, 5.74) is 3.97. The van der Waals surface area contributed by atoms with Gasteiger partial charge in [0.2, 0.25) is 0 Å². The maximum absolute atomic E-state index is 12.9. The summed E-state index contributed by atoms with van der Waals surface area (Å²) in [6.07, 6.45) is 11.2. The fourth-order valence-electron chi connectivity index (χ4n) is 3.65. The largest absolute Gasteiger partial charge is 0.507 e. The number of carbonyl (C=O) groups is 2. The smallest absolute Gasteiger partial charge is 0.341 e. The molecule has 0 aromatic rings. The molecule has 1 aliphatic rings. The molecule has 0 saturated heterocycles. The molecule has 166 valence electrons. The number of aliphatic hydroxyl groups is 1. The monoisotopic (exact) mass is 414 g/mol. The van der Waals surface area contributed by atoms with E-state index in [2.05, 4.69) is 45.9 Å². The first-order valence-electron chi connectivity index (χ1n) is 10.6. The van der Waals surface area contributed by atoms with Crippen LogP contribution in [0.15, 0.2) is 57.4 Å².